The first-order chi connectivity index (χ1) is 10.8. The topological polar surface area (TPSA) is 56.4 Å². The molecule has 0 aliphatic carbocycles. The van der Waals surface area contributed by atoms with Crippen LogP contribution in [0.4, 0.5) is 0 Å². The van der Waals surface area contributed by atoms with E-state index in [2.05, 4.69) is 29.0 Å². The molecule has 1 aliphatic rings. The van der Waals surface area contributed by atoms with E-state index in [0.717, 1.165) is 40.5 Å². The van der Waals surface area contributed by atoms with Gasteiger partial charge in [-0.05, 0) is 24.1 Å². The molecule has 1 aliphatic heterocycles. The maximum Gasteiger partial charge on any atom is 0.231 e. The Balaban J connectivity index is 1.51. The van der Waals surface area contributed by atoms with Crippen molar-refractivity contribution >= 4 is 11.0 Å². The lowest BCUT2D eigenvalue weighted by Gasteiger charge is -2.04. The second kappa shape index (κ2) is 5.26. The maximum absolute atomic E-state index is 5.77. The SMILES string of the molecule is CCc1ccc(OCc2nc3cc4c(cc3[nH]2)OCO4)cc1. The number of ether oxygens (including phenoxy) is 3. The minimum atomic E-state index is 0.270. The van der Waals surface area contributed by atoms with E-state index in [9.17, 15) is 0 Å². The second-order valence-corrected chi connectivity index (χ2v) is 5.19. The van der Waals surface area contributed by atoms with E-state index in [0.29, 0.717) is 6.61 Å². The van der Waals surface area contributed by atoms with Gasteiger partial charge in [0.2, 0.25) is 6.79 Å². The average molecular weight is 296 g/mol. The van der Waals surface area contributed by atoms with Crippen molar-refractivity contribution in [2.75, 3.05) is 6.79 Å². The quantitative estimate of drug-likeness (QED) is 0.801. The molecule has 0 atom stereocenters. The van der Waals surface area contributed by atoms with Crippen LogP contribution in [-0.4, -0.2) is 16.8 Å². The van der Waals surface area contributed by atoms with E-state index in [1.165, 1.54) is 5.56 Å². The van der Waals surface area contributed by atoms with Crippen LogP contribution in [0.5, 0.6) is 17.2 Å². The third-order valence-electron chi connectivity index (χ3n) is 3.73. The molecule has 0 bridgehead atoms. The summed E-state index contributed by atoms with van der Waals surface area (Å²) in [7, 11) is 0. The van der Waals surface area contributed by atoms with Gasteiger partial charge in [-0.15, -0.1) is 0 Å². The van der Waals surface area contributed by atoms with Gasteiger partial charge in [-0.2, -0.15) is 0 Å². The van der Waals surface area contributed by atoms with E-state index in [1.807, 2.05) is 24.3 Å². The van der Waals surface area contributed by atoms with Gasteiger partial charge in [0, 0.05) is 12.1 Å². The lowest BCUT2D eigenvalue weighted by atomic mass is 10.2. The number of nitrogens with zero attached hydrogens (tertiary/aromatic N) is 1. The summed E-state index contributed by atoms with van der Waals surface area (Å²) in [6.45, 7) is 2.80. The molecule has 0 saturated carbocycles. The number of nitrogens with one attached hydrogen (secondary N) is 1. The Hall–Kier alpha value is -2.69. The highest BCUT2D eigenvalue weighted by Gasteiger charge is 2.16. The van der Waals surface area contributed by atoms with Gasteiger partial charge in [0.05, 0.1) is 11.0 Å². The van der Waals surface area contributed by atoms with Gasteiger partial charge in [-0.1, -0.05) is 19.1 Å². The molecule has 0 spiro atoms. The molecular formula is C17H16N2O3. The van der Waals surface area contributed by atoms with Crippen LogP contribution in [0.25, 0.3) is 11.0 Å². The molecule has 0 saturated heterocycles. The van der Waals surface area contributed by atoms with Crippen LogP contribution in [0.3, 0.4) is 0 Å². The molecule has 3 aromatic rings. The summed E-state index contributed by atoms with van der Waals surface area (Å²) in [4.78, 5) is 7.77. The summed E-state index contributed by atoms with van der Waals surface area (Å²) < 4.78 is 16.5. The minimum absolute atomic E-state index is 0.270. The summed E-state index contributed by atoms with van der Waals surface area (Å²) in [6, 6.07) is 11.9. The standard InChI is InChI=1S/C17H16N2O3/c1-2-11-3-5-12(6-4-11)20-9-17-18-13-7-15-16(22-10-21-15)8-14(13)19-17/h3-8H,2,9-10H2,1H3,(H,18,19). The van der Waals surface area contributed by atoms with Gasteiger partial charge in [-0.3, -0.25) is 0 Å². The van der Waals surface area contributed by atoms with E-state index >= 15 is 0 Å². The predicted molar refractivity (Wildman–Crippen MR) is 82.4 cm³/mol. The van der Waals surface area contributed by atoms with Crippen LogP contribution in [0, 0.1) is 0 Å². The van der Waals surface area contributed by atoms with Gasteiger partial charge in [0.1, 0.15) is 18.2 Å². The molecule has 0 fully saturated rings. The molecule has 112 valence electrons. The maximum atomic E-state index is 5.77. The van der Waals surface area contributed by atoms with Gasteiger partial charge in [0.25, 0.3) is 0 Å². The third-order valence-corrected chi connectivity index (χ3v) is 3.73. The first-order valence-corrected chi connectivity index (χ1v) is 7.32. The molecule has 4 rings (SSSR count). The number of fused-ring (bicyclic) bond motifs is 2. The number of rotatable bonds is 4. The zero-order valence-corrected chi connectivity index (χ0v) is 12.3. The Bertz CT molecular complexity index is 768. The fourth-order valence-electron chi connectivity index (χ4n) is 2.49. The molecule has 2 aromatic carbocycles. The van der Waals surface area contributed by atoms with Crippen molar-refractivity contribution in [1.29, 1.82) is 0 Å². The lowest BCUT2D eigenvalue weighted by Crippen LogP contribution is -1.97. The molecule has 22 heavy (non-hydrogen) atoms. The summed E-state index contributed by atoms with van der Waals surface area (Å²) in [6.07, 6.45) is 1.03. The van der Waals surface area contributed by atoms with Crippen LogP contribution in [0.2, 0.25) is 0 Å². The fourth-order valence-corrected chi connectivity index (χ4v) is 2.49. The fraction of sp³-hybridized carbons (Fsp3) is 0.235. The monoisotopic (exact) mass is 296 g/mol. The van der Waals surface area contributed by atoms with Crippen molar-refractivity contribution in [1.82, 2.24) is 9.97 Å². The molecule has 1 N–H and O–H groups in total. The molecule has 0 amide bonds. The zero-order chi connectivity index (χ0) is 14.9. The van der Waals surface area contributed by atoms with Crippen LogP contribution >= 0.6 is 0 Å². The Morgan fingerprint density at radius 3 is 2.68 bits per heavy atom. The normalized spacial score (nSPS) is 12.8. The highest BCUT2D eigenvalue weighted by atomic mass is 16.7. The number of aryl methyl sites for hydroxylation is 1. The summed E-state index contributed by atoms with van der Waals surface area (Å²) in [5.74, 6) is 3.10. The molecule has 0 radical (unpaired) electrons. The van der Waals surface area contributed by atoms with E-state index < -0.39 is 0 Å². The van der Waals surface area contributed by atoms with Crippen molar-refractivity contribution in [3.05, 3.63) is 47.8 Å². The highest BCUT2D eigenvalue weighted by Crippen LogP contribution is 2.35. The van der Waals surface area contributed by atoms with Crippen molar-refractivity contribution in [2.45, 2.75) is 20.0 Å². The number of benzene rings is 2. The summed E-state index contributed by atoms with van der Waals surface area (Å²) in [5.41, 5.74) is 3.07. The molecule has 5 nitrogen and oxygen atoms in total. The van der Waals surface area contributed by atoms with Crippen molar-refractivity contribution in [2.24, 2.45) is 0 Å². The molecular weight excluding hydrogens is 280 g/mol. The Morgan fingerprint density at radius 2 is 1.91 bits per heavy atom. The van der Waals surface area contributed by atoms with Crippen molar-refractivity contribution in [3.8, 4) is 17.2 Å². The second-order valence-electron chi connectivity index (χ2n) is 5.19. The first-order valence-electron chi connectivity index (χ1n) is 7.32. The summed E-state index contributed by atoms with van der Waals surface area (Å²) in [5, 5.41) is 0. The number of H-pyrrole nitrogens is 1. The van der Waals surface area contributed by atoms with Crippen LogP contribution in [0.15, 0.2) is 36.4 Å². The molecule has 0 unspecified atom stereocenters. The van der Waals surface area contributed by atoms with E-state index in [1.54, 1.807) is 0 Å². The molecule has 1 aromatic heterocycles. The van der Waals surface area contributed by atoms with Gasteiger partial charge in [0.15, 0.2) is 11.5 Å². The van der Waals surface area contributed by atoms with Gasteiger partial charge < -0.3 is 19.2 Å². The smallest absolute Gasteiger partial charge is 0.231 e. The number of aromatic nitrogens is 2. The van der Waals surface area contributed by atoms with Crippen LogP contribution in [0.1, 0.15) is 18.3 Å². The molecule has 5 heteroatoms. The van der Waals surface area contributed by atoms with Crippen molar-refractivity contribution in [3.63, 3.8) is 0 Å². The van der Waals surface area contributed by atoms with Gasteiger partial charge >= 0.3 is 0 Å². The first kappa shape index (κ1) is 13.0. The number of hydrogen-bond acceptors (Lipinski definition) is 4. The van der Waals surface area contributed by atoms with E-state index in [-0.39, 0.29) is 6.79 Å². The zero-order valence-electron chi connectivity index (χ0n) is 12.3. The van der Waals surface area contributed by atoms with Gasteiger partial charge in [-0.25, -0.2) is 4.98 Å². The molecule has 2 heterocycles. The third kappa shape index (κ3) is 2.35. The van der Waals surface area contributed by atoms with Crippen molar-refractivity contribution < 1.29 is 14.2 Å². The largest absolute Gasteiger partial charge is 0.486 e. The van der Waals surface area contributed by atoms with Crippen LogP contribution < -0.4 is 14.2 Å². The Kier molecular flexibility index (Phi) is 3.11. The van der Waals surface area contributed by atoms with E-state index in [4.69, 9.17) is 14.2 Å². The predicted octanol–water partition coefficient (Wildman–Crippen LogP) is 3.43. The lowest BCUT2D eigenvalue weighted by molar-refractivity contribution is 0.174. The number of aromatic amines is 1. The van der Waals surface area contributed by atoms with Crippen LogP contribution in [-0.2, 0) is 13.0 Å². The minimum Gasteiger partial charge on any atom is -0.486 e. The highest BCUT2D eigenvalue weighted by molar-refractivity contribution is 5.80. The summed E-state index contributed by atoms with van der Waals surface area (Å²) >= 11 is 0. The Morgan fingerprint density at radius 1 is 1.14 bits per heavy atom. The number of hydrogen-bond donors (Lipinski definition) is 1. The average Bonchev–Trinajstić information content (AvgIpc) is 3.16. The Labute approximate surface area is 127 Å². The number of imidazole rings is 1.